The molecule has 1 rings (SSSR count). The van der Waals surface area contributed by atoms with Gasteiger partial charge in [0, 0.05) is 43.6 Å². The van der Waals surface area contributed by atoms with Gasteiger partial charge in [0.25, 0.3) is 0 Å². The SMILES string of the molecule is CCOc1ccc(Cl)cc1NC(=O)CC(C)(C)CC(=O)N/C(C=O)=C(\CCN(C)C)NC. The Hall–Kier alpha value is -2.58. The quantitative estimate of drug-likeness (QED) is 0.305. The third-order valence-corrected chi connectivity index (χ3v) is 4.86. The molecule has 0 heterocycles. The molecular weight excluding hydrogens is 432 g/mol. The minimum atomic E-state index is -0.643. The van der Waals surface area contributed by atoms with Gasteiger partial charge < -0.3 is 25.6 Å². The third-order valence-electron chi connectivity index (χ3n) is 4.62. The van der Waals surface area contributed by atoms with Crippen LogP contribution in [0.4, 0.5) is 5.69 Å². The van der Waals surface area contributed by atoms with E-state index in [-0.39, 0.29) is 30.4 Å². The van der Waals surface area contributed by atoms with Crippen LogP contribution in [-0.2, 0) is 14.4 Å². The van der Waals surface area contributed by atoms with E-state index in [2.05, 4.69) is 16.0 Å². The minimum Gasteiger partial charge on any atom is -0.492 e. The Morgan fingerprint density at radius 1 is 1.19 bits per heavy atom. The van der Waals surface area contributed by atoms with Gasteiger partial charge in [-0.05, 0) is 44.6 Å². The standard InChI is InChI=1S/C23H35ClN4O4/c1-7-32-20-9-8-16(24)12-18(20)26-21(30)13-23(2,3)14-22(31)27-19(15-29)17(25-4)10-11-28(5)6/h8-9,12,15,25H,7,10-11,13-14H2,1-6H3,(H,26,30)(H,27,31)/b19-17+. The molecule has 0 unspecified atom stereocenters. The number of nitrogens with one attached hydrogen (secondary N) is 3. The number of halogens is 1. The van der Waals surface area contributed by atoms with Gasteiger partial charge in [0.2, 0.25) is 11.8 Å². The predicted octanol–water partition coefficient (Wildman–Crippen LogP) is 3.18. The highest BCUT2D eigenvalue weighted by atomic mass is 35.5. The lowest BCUT2D eigenvalue weighted by Gasteiger charge is -2.24. The molecule has 3 N–H and O–H groups in total. The first-order valence-electron chi connectivity index (χ1n) is 10.5. The number of hydrogen-bond acceptors (Lipinski definition) is 6. The molecule has 8 nitrogen and oxygen atoms in total. The van der Waals surface area contributed by atoms with Crippen molar-refractivity contribution in [3.05, 3.63) is 34.6 Å². The molecule has 0 fully saturated rings. The number of rotatable bonds is 13. The Morgan fingerprint density at radius 3 is 2.41 bits per heavy atom. The maximum atomic E-state index is 12.6. The number of carbonyl (C=O) groups excluding carboxylic acids is 3. The molecule has 0 aliphatic carbocycles. The van der Waals surface area contributed by atoms with E-state index in [1.807, 2.05) is 39.8 Å². The first kappa shape index (κ1) is 27.5. The van der Waals surface area contributed by atoms with Crippen LogP contribution in [0, 0.1) is 5.41 Å². The molecule has 0 aromatic heterocycles. The highest BCUT2D eigenvalue weighted by Crippen LogP contribution is 2.30. The van der Waals surface area contributed by atoms with Crippen molar-refractivity contribution in [1.29, 1.82) is 0 Å². The summed E-state index contributed by atoms with van der Waals surface area (Å²) in [5.41, 5.74) is 0.702. The number of hydrogen-bond donors (Lipinski definition) is 3. The summed E-state index contributed by atoms with van der Waals surface area (Å²) in [4.78, 5) is 38.8. The number of amides is 2. The molecule has 1 aromatic carbocycles. The molecule has 0 spiro atoms. The summed E-state index contributed by atoms with van der Waals surface area (Å²) in [5.74, 6) is -0.0711. The van der Waals surface area contributed by atoms with E-state index < -0.39 is 5.41 Å². The summed E-state index contributed by atoms with van der Waals surface area (Å²) in [6.45, 7) is 6.67. The van der Waals surface area contributed by atoms with Gasteiger partial charge in [-0.3, -0.25) is 14.4 Å². The van der Waals surface area contributed by atoms with Crippen LogP contribution in [-0.4, -0.2) is 57.3 Å². The largest absolute Gasteiger partial charge is 0.492 e. The van der Waals surface area contributed by atoms with Crippen molar-refractivity contribution in [2.24, 2.45) is 5.41 Å². The molecule has 0 radical (unpaired) electrons. The van der Waals surface area contributed by atoms with Gasteiger partial charge >= 0.3 is 0 Å². The number of allylic oxidation sites excluding steroid dienone is 1. The second kappa shape index (κ2) is 13.1. The fourth-order valence-corrected chi connectivity index (χ4v) is 3.28. The summed E-state index contributed by atoms with van der Waals surface area (Å²) >= 11 is 6.04. The molecule has 9 heteroatoms. The number of ether oxygens (including phenoxy) is 1. The molecule has 0 aliphatic heterocycles. The summed E-state index contributed by atoms with van der Waals surface area (Å²) in [7, 11) is 5.57. The van der Waals surface area contributed by atoms with Crippen molar-refractivity contribution < 1.29 is 19.1 Å². The summed E-state index contributed by atoms with van der Waals surface area (Å²) < 4.78 is 5.53. The van der Waals surface area contributed by atoms with Gasteiger partial charge in [0.15, 0.2) is 6.29 Å². The van der Waals surface area contributed by atoms with Gasteiger partial charge in [-0.2, -0.15) is 0 Å². The van der Waals surface area contributed by atoms with Gasteiger partial charge in [-0.15, -0.1) is 0 Å². The van der Waals surface area contributed by atoms with Crippen molar-refractivity contribution in [3.63, 3.8) is 0 Å². The highest BCUT2D eigenvalue weighted by molar-refractivity contribution is 6.31. The van der Waals surface area contributed by atoms with Crippen LogP contribution in [0.1, 0.15) is 40.0 Å². The molecule has 2 amide bonds. The Balaban J connectivity index is 2.79. The van der Waals surface area contributed by atoms with E-state index in [0.29, 0.717) is 41.5 Å². The van der Waals surface area contributed by atoms with Crippen LogP contribution in [0.25, 0.3) is 0 Å². The predicted molar refractivity (Wildman–Crippen MR) is 128 cm³/mol. The van der Waals surface area contributed by atoms with E-state index in [9.17, 15) is 14.4 Å². The molecular formula is C23H35ClN4O4. The summed E-state index contributed by atoms with van der Waals surface area (Å²) in [5, 5.41) is 8.94. The first-order chi connectivity index (χ1) is 15.0. The lowest BCUT2D eigenvalue weighted by Crippen LogP contribution is -2.33. The summed E-state index contributed by atoms with van der Waals surface area (Å²) in [6.07, 6.45) is 1.38. The average Bonchev–Trinajstić information content (AvgIpc) is 2.68. The van der Waals surface area contributed by atoms with Crippen molar-refractivity contribution in [3.8, 4) is 5.75 Å². The molecule has 0 saturated carbocycles. The minimum absolute atomic E-state index is 0.0658. The topological polar surface area (TPSA) is 99.8 Å². The highest BCUT2D eigenvalue weighted by Gasteiger charge is 2.26. The summed E-state index contributed by atoms with van der Waals surface area (Å²) in [6, 6.07) is 5.01. The molecule has 1 aromatic rings. The van der Waals surface area contributed by atoms with Gasteiger partial charge in [0.05, 0.1) is 12.3 Å². The Morgan fingerprint density at radius 2 is 1.84 bits per heavy atom. The van der Waals surface area contributed by atoms with E-state index in [1.54, 1.807) is 25.2 Å². The third kappa shape index (κ3) is 9.70. The van der Waals surface area contributed by atoms with Gasteiger partial charge in [0.1, 0.15) is 11.4 Å². The van der Waals surface area contributed by atoms with Crippen molar-refractivity contribution in [1.82, 2.24) is 15.5 Å². The zero-order chi connectivity index (χ0) is 24.3. The second-order valence-corrected chi connectivity index (χ2v) is 8.94. The van der Waals surface area contributed by atoms with E-state index >= 15 is 0 Å². The molecule has 0 aliphatic rings. The van der Waals surface area contributed by atoms with Crippen LogP contribution >= 0.6 is 11.6 Å². The maximum Gasteiger partial charge on any atom is 0.225 e. The normalized spacial score (nSPS) is 12.1. The number of anilines is 1. The monoisotopic (exact) mass is 466 g/mol. The number of carbonyl (C=O) groups is 3. The zero-order valence-corrected chi connectivity index (χ0v) is 20.6. The molecule has 32 heavy (non-hydrogen) atoms. The molecule has 0 atom stereocenters. The first-order valence-corrected chi connectivity index (χ1v) is 10.9. The van der Waals surface area contributed by atoms with Crippen LogP contribution < -0.4 is 20.7 Å². The van der Waals surface area contributed by atoms with Gasteiger partial charge in [-0.25, -0.2) is 0 Å². The maximum absolute atomic E-state index is 12.6. The molecule has 0 bridgehead atoms. The van der Waals surface area contributed by atoms with Crippen molar-refractivity contribution in [2.75, 3.05) is 39.6 Å². The Kier molecular flexibility index (Phi) is 11.2. The molecule has 0 saturated heterocycles. The number of aldehydes is 1. The van der Waals surface area contributed by atoms with Crippen molar-refractivity contribution in [2.45, 2.75) is 40.0 Å². The Labute approximate surface area is 195 Å². The van der Waals surface area contributed by atoms with Gasteiger partial charge in [-0.1, -0.05) is 25.4 Å². The van der Waals surface area contributed by atoms with Crippen LogP contribution in [0.2, 0.25) is 5.02 Å². The van der Waals surface area contributed by atoms with E-state index in [0.717, 1.165) is 6.54 Å². The van der Waals surface area contributed by atoms with E-state index in [1.165, 1.54) is 0 Å². The lowest BCUT2D eigenvalue weighted by molar-refractivity contribution is -0.124. The van der Waals surface area contributed by atoms with Crippen LogP contribution in [0.15, 0.2) is 29.6 Å². The molecule has 178 valence electrons. The van der Waals surface area contributed by atoms with Crippen LogP contribution in [0.5, 0.6) is 5.75 Å². The number of nitrogens with zero attached hydrogens (tertiary/aromatic N) is 1. The average molecular weight is 467 g/mol. The van der Waals surface area contributed by atoms with Crippen molar-refractivity contribution >= 4 is 35.4 Å². The van der Waals surface area contributed by atoms with Crippen LogP contribution in [0.3, 0.4) is 0 Å². The number of benzene rings is 1. The van der Waals surface area contributed by atoms with E-state index in [4.69, 9.17) is 16.3 Å². The lowest BCUT2D eigenvalue weighted by atomic mass is 9.85. The fraction of sp³-hybridized carbons (Fsp3) is 0.522. The fourth-order valence-electron chi connectivity index (χ4n) is 3.11. The second-order valence-electron chi connectivity index (χ2n) is 8.50. The zero-order valence-electron chi connectivity index (χ0n) is 19.8. The smallest absolute Gasteiger partial charge is 0.225 e. The Bertz CT molecular complexity index is 837.